The highest BCUT2D eigenvalue weighted by molar-refractivity contribution is 6.38. The van der Waals surface area contributed by atoms with Crippen LogP contribution in [0.4, 0.5) is 0 Å². The second kappa shape index (κ2) is 4.84. The summed E-state index contributed by atoms with van der Waals surface area (Å²) in [5, 5.41) is 0. The molecule has 0 aliphatic rings. The fourth-order valence-electron chi connectivity index (χ4n) is 0.711. The minimum atomic E-state index is -0.341. The number of nitrogens with two attached hydrogens (primary N) is 1. The molecule has 0 saturated heterocycles. The molecule has 0 rings (SSSR count). The first-order valence-corrected chi connectivity index (χ1v) is 5.19. The zero-order valence-corrected chi connectivity index (χ0v) is 8.43. The predicted octanol–water partition coefficient (Wildman–Crippen LogP) is -0.501. The van der Waals surface area contributed by atoms with Crippen molar-refractivity contribution in [3.05, 3.63) is 0 Å². The second-order valence-electron chi connectivity index (χ2n) is 2.43. The van der Waals surface area contributed by atoms with Gasteiger partial charge in [0.2, 0.25) is 0 Å². The van der Waals surface area contributed by atoms with Crippen molar-refractivity contribution in [2.45, 2.75) is 18.4 Å². The largest absolute Gasteiger partial charge is 0.358 e. The molecule has 0 aromatic carbocycles. The van der Waals surface area contributed by atoms with Crippen LogP contribution in [0.2, 0.25) is 6.04 Å². The lowest BCUT2D eigenvalue weighted by Crippen LogP contribution is -2.37. The Balaban J connectivity index is 3.58. The molecular formula is C6H17NO2Si. The van der Waals surface area contributed by atoms with Crippen molar-refractivity contribution >= 4 is 9.52 Å². The van der Waals surface area contributed by atoms with E-state index in [1.165, 1.54) is 0 Å². The van der Waals surface area contributed by atoms with Crippen LogP contribution in [-0.2, 0) is 9.47 Å². The number of rotatable bonds is 5. The zero-order valence-electron chi connectivity index (χ0n) is 7.02. The molecule has 0 amide bonds. The number of hydrogen-bond donors (Lipinski definition) is 1. The lowest BCUT2D eigenvalue weighted by Gasteiger charge is -2.25. The van der Waals surface area contributed by atoms with Gasteiger partial charge in [0.05, 0.1) is 9.52 Å². The second-order valence-corrected chi connectivity index (χ2v) is 4.93. The Kier molecular flexibility index (Phi) is 4.89. The molecule has 2 N–H and O–H groups in total. The molecule has 10 heavy (non-hydrogen) atoms. The molecule has 0 aromatic rings. The van der Waals surface area contributed by atoms with Crippen molar-refractivity contribution in [3.8, 4) is 0 Å². The minimum absolute atomic E-state index is 0.306. The molecule has 0 fully saturated rings. The topological polar surface area (TPSA) is 44.5 Å². The van der Waals surface area contributed by atoms with Crippen molar-refractivity contribution in [2.24, 2.45) is 5.73 Å². The maximum atomic E-state index is 5.37. The van der Waals surface area contributed by atoms with E-state index >= 15 is 0 Å². The van der Waals surface area contributed by atoms with Gasteiger partial charge in [-0.05, 0) is 19.5 Å². The van der Waals surface area contributed by atoms with Crippen LogP contribution < -0.4 is 5.73 Å². The fraction of sp³-hybridized carbons (Fsp3) is 1.00. The highest BCUT2D eigenvalue weighted by Crippen LogP contribution is 2.08. The molecule has 0 aliphatic carbocycles. The van der Waals surface area contributed by atoms with Crippen LogP contribution >= 0.6 is 0 Å². The van der Waals surface area contributed by atoms with Crippen LogP contribution in [0.3, 0.4) is 0 Å². The standard InChI is InChI=1S/C6H17NO2Si/c1-6(8-2,9-3)10-5-4-7/h4-5,7,10H2,1-3H3. The van der Waals surface area contributed by atoms with Gasteiger partial charge in [-0.25, -0.2) is 0 Å². The van der Waals surface area contributed by atoms with E-state index in [0.717, 1.165) is 12.6 Å². The van der Waals surface area contributed by atoms with Gasteiger partial charge in [0.15, 0.2) is 0 Å². The van der Waals surface area contributed by atoms with Gasteiger partial charge in [-0.3, -0.25) is 0 Å². The predicted molar refractivity (Wildman–Crippen MR) is 44.8 cm³/mol. The molecule has 3 nitrogen and oxygen atoms in total. The summed E-state index contributed by atoms with van der Waals surface area (Å²) >= 11 is 0. The van der Waals surface area contributed by atoms with Crippen LogP contribution in [0.25, 0.3) is 0 Å². The minimum Gasteiger partial charge on any atom is -0.358 e. The van der Waals surface area contributed by atoms with E-state index < -0.39 is 0 Å². The van der Waals surface area contributed by atoms with Gasteiger partial charge in [0.25, 0.3) is 0 Å². The molecule has 0 radical (unpaired) electrons. The molecule has 0 aromatic heterocycles. The highest BCUT2D eigenvalue weighted by atomic mass is 28.2. The Hall–Kier alpha value is 0.0969. The Morgan fingerprint density at radius 1 is 1.40 bits per heavy atom. The average Bonchev–Trinajstić information content (AvgIpc) is 2.00. The van der Waals surface area contributed by atoms with Gasteiger partial charge >= 0.3 is 0 Å². The molecule has 0 heterocycles. The molecule has 4 heteroatoms. The van der Waals surface area contributed by atoms with E-state index in [1.54, 1.807) is 14.2 Å². The van der Waals surface area contributed by atoms with Gasteiger partial charge in [-0.2, -0.15) is 0 Å². The lowest BCUT2D eigenvalue weighted by atomic mass is 10.7. The number of hydrogen-bond acceptors (Lipinski definition) is 3. The van der Waals surface area contributed by atoms with Crippen LogP contribution in [0.15, 0.2) is 0 Å². The Morgan fingerprint density at radius 2 is 1.90 bits per heavy atom. The summed E-state index contributed by atoms with van der Waals surface area (Å²) in [5.41, 5.74) is 5.06. The zero-order chi connectivity index (χ0) is 8.04. The van der Waals surface area contributed by atoms with Crippen LogP contribution in [0.1, 0.15) is 6.92 Å². The first-order valence-electron chi connectivity index (χ1n) is 3.49. The summed E-state index contributed by atoms with van der Waals surface area (Å²) < 4.78 is 10.3. The lowest BCUT2D eigenvalue weighted by molar-refractivity contribution is -0.130. The fourth-order valence-corrected chi connectivity index (χ4v) is 1.97. The normalized spacial score (nSPS) is 13.2. The van der Waals surface area contributed by atoms with Gasteiger partial charge < -0.3 is 15.2 Å². The summed E-state index contributed by atoms with van der Waals surface area (Å²) in [6.07, 6.45) is 0. The third-order valence-electron chi connectivity index (χ3n) is 1.70. The average molecular weight is 163 g/mol. The van der Waals surface area contributed by atoms with E-state index in [0.29, 0.717) is 0 Å². The Morgan fingerprint density at radius 3 is 2.20 bits per heavy atom. The first-order chi connectivity index (χ1) is 4.68. The van der Waals surface area contributed by atoms with Gasteiger partial charge in [0, 0.05) is 14.2 Å². The van der Waals surface area contributed by atoms with Crippen molar-refractivity contribution in [2.75, 3.05) is 20.8 Å². The summed E-state index contributed by atoms with van der Waals surface area (Å²) in [6, 6.07) is 1.07. The quantitative estimate of drug-likeness (QED) is 0.439. The molecular weight excluding hydrogens is 146 g/mol. The van der Waals surface area contributed by atoms with Gasteiger partial charge in [-0.15, -0.1) is 0 Å². The summed E-state index contributed by atoms with van der Waals surface area (Å²) in [4.78, 5) is 0. The molecule has 0 atom stereocenters. The monoisotopic (exact) mass is 163 g/mol. The van der Waals surface area contributed by atoms with E-state index in [2.05, 4.69) is 0 Å². The maximum Gasteiger partial charge on any atom is 0.141 e. The molecule has 0 bridgehead atoms. The Labute approximate surface area is 64.7 Å². The summed E-state index contributed by atoms with van der Waals surface area (Å²) in [7, 11) is 3.01. The Bertz CT molecular complexity index is 85.8. The van der Waals surface area contributed by atoms with Crippen molar-refractivity contribution in [1.82, 2.24) is 0 Å². The van der Waals surface area contributed by atoms with Crippen molar-refractivity contribution in [3.63, 3.8) is 0 Å². The van der Waals surface area contributed by atoms with Crippen molar-refractivity contribution in [1.29, 1.82) is 0 Å². The molecule has 0 unspecified atom stereocenters. The third kappa shape index (κ3) is 3.31. The molecule has 0 saturated carbocycles. The summed E-state index contributed by atoms with van der Waals surface area (Å²) in [5.74, 6) is 0. The third-order valence-corrected chi connectivity index (χ3v) is 3.95. The van der Waals surface area contributed by atoms with E-state index in [1.807, 2.05) is 6.92 Å². The van der Waals surface area contributed by atoms with E-state index in [-0.39, 0.29) is 14.9 Å². The van der Waals surface area contributed by atoms with Crippen LogP contribution in [-0.4, -0.2) is 35.7 Å². The molecule has 62 valence electrons. The van der Waals surface area contributed by atoms with Crippen molar-refractivity contribution < 1.29 is 9.47 Å². The van der Waals surface area contributed by atoms with Crippen LogP contribution in [0, 0.1) is 0 Å². The number of ether oxygens (including phenoxy) is 2. The smallest absolute Gasteiger partial charge is 0.141 e. The molecule has 0 aliphatic heterocycles. The first kappa shape index (κ1) is 10.1. The highest BCUT2D eigenvalue weighted by Gasteiger charge is 2.21. The molecule has 0 spiro atoms. The van der Waals surface area contributed by atoms with Gasteiger partial charge in [0.1, 0.15) is 5.41 Å². The van der Waals surface area contributed by atoms with Crippen LogP contribution in [0.5, 0.6) is 0 Å². The summed E-state index contributed by atoms with van der Waals surface area (Å²) in [6.45, 7) is 2.71. The van der Waals surface area contributed by atoms with E-state index in [4.69, 9.17) is 15.2 Å². The van der Waals surface area contributed by atoms with E-state index in [9.17, 15) is 0 Å². The SMILES string of the molecule is COC(C)(OC)[SiH2]CCN. The number of methoxy groups -OCH3 is 2. The van der Waals surface area contributed by atoms with Gasteiger partial charge in [-0.1, -0.05) is 0 Å². The maximum absolute atomic E-state index is 5.37.